The van der Waals surface area contributed by atoms with Gasteiger partial charge in [-0.05, 0) is 48.4 Å². The summed E-state index contributed by atoms with van der Waals surface area (Å²) in [5, 5.41) is 11.3. The summed E-state index contributed by atoms with van der Waals surface area (Å²) in [6.45, 7) is 6.75. The van der Waals surface area contributed by atoms with Crippen LogP contribution >= 0.6 is 0 Å². The number of fused-ring (bicyclic) bond motifs is 1. The summed E-state index contributed by atoms with van der Waals surface area (Å²) in [6, 6.07) is 4.50. The van der Waals surface area contributed by atoms with Gasteiger partial charge in [-0.25, -0.2) is 9.78 Å². The molecule has 1 aromatic heterocycles. The van der Waals surface area contributed by atoms with Crippen LogP contribution in [0.25, 0.3) is 10.8 Å². The predicted octanol–water partition coefficient (Wildman–Crippen LogP) is 2.72. The number of benzene rings is 1. The van der Waals surface area contributed by atoms with E-state index in [4.69, 9.17) is 10.5 Å². The third kappa shape index (κ3) is 5.09. The van der Waals surface area contributed by atoms with Gasteiger partial charge in [0.15, 0.2) is 0 Å². The highest BCUT2D eigenvalue weighted by Gasteiger charge is 2.26. The number of nitrogen functional groups attached to an aromatic ring is 1. The number of carbonyl (C=O) groups excluding carboxylic acids is 1. The lowest BCUT2D eigenvalue weighted by Crippen LogP contribution is -2.42. The average Bonchev–Trinajstić information content (AvgIpc) is 2.62. The Morgan fingerprint density at radius 3 is 2.74 bits per heavy atom. The largest absolute Gasteiger partial charge is 0.494 e. The first-order valence-electron chi connectivity index (χ1n) is 9.11. The molecule has 1 atom stereocenters. The topological polar surface area (TPSA) is 106 Å². The van der Waals surface area contributed by atoms with Crippen LogP contribution in [0, 0.1) is 5.92 Å². The second-order valence-electron chi connectivity index (χ2n) is 6.89. The van der Waals surface area contributed by atoms with Crippen molar-refractivity contribution in [3.63, 3.8) is 0 Å². The van der Waals surface area contributed by atoms with Crippen LogP contribution in [0.5, 0.6) is 5.75 Å². The van der Waals surface area contributed by atoms with Crippen LogP contribution < -0.4 is 10.5 Å². The number of hydrogen-bond acceptors (Lipinski definition) is 5. The summed E-state index contributed by atoms with van der Waals surface area (Å²) in [6.07, 6.45) is 3.11. The Balaban J connectivity index is 2.41. The fraction of sp³-hybridized carbons (Fsp3) is 0.450. The molecule has 0 aliphatic rings. The fourth-order valence-electron chi connectivity index (χ4n) is 2.96. The minimum absolute atomic E-state index is 0.152. The Hall–Kier alpha value is -2.83. The molecule has 0 fully saturated rings. The molecule has 7 nitrogen and oxygen atoms in total. The number of nitrogens with two attached hydrogens (primary N) is 1. The van der Waals surface area contributed by atoms with Crippen LogP contribution in [0.4, 0.5) is 5.82 Å². The molecule has 3 N–H and O–H groups in total. The van der Waals surface area contributed by atoms with Crippen molar-refractivity contribution in [1.82, 2.24) is 9.88 Å². The molecule has 0 bridgehead atoms. The quantitative estimate of drug-likeness (QED) is 0.620. The SMILES string of the molecule is CCOc1cc2c(N)nccc2cc1CC(C(=O)O)N(C=O)CCC(C)C. The second-order valence-corrected chi connectivity index (χ2v) is 6.89. The van der Waals surface area contributed by atoms with E-state index in [1.54, 1.807) is 12.3 Å². The molecular weight excluding hydrogens is 346 g/mol. The zero-order valence-corrected chi connectivity index (χ0v) is 16.0. The molecule has 1 aromatic carbocycles. The molecule has 0 saturated carbocycles. The molecule has 146 valence electrons. The van der Waals surface area contributed by atoms with Crippen molar-refractivity contribution in [2.45, 2.75) is 39.7 Å². The molecule has 0 spiro atoms. The van der Waals surface area contributed by atoms with Crippen molar-refractivity contribution in [3.8, 4) is 5.75 Å². The second kappa shape index (κ2) is 9.21. The summed E-state index contributed by atoms with van der Waals surface area (Å²) in [5.41, 5.74) is 6.66. The van der Waals surface area contributed by atoms with E-state index >= 15 is 0 Å². The molecule has 0 aliphatic carbocycles. The maximum absolute atomic E-state index is 11.9. The van der Waals surface area contributed by atoms with Crippen LogP contribution in [-0.4, -0.2) is 46.6 Å². The Bertz CT molecular complexity index is 807. The van der Waals surface area contributed by atoms with Crippen molar-refractivity contribution in [1.29, 1.82) is 0 Å². The van der Waals surface area contributed by atoms with Gasteiger partial charge >= 0.3 is 5.97 Å². The molecular formula is C20H27N3O4. The highest BCUT2D eigenvalue weighted by atomic mass is 16.5. The Morgan fingerprint density at radius 1 is 1.41 bits per heavy atom. The van der Waals surface area contributed by atoms with Gasteiger partial charge in [-0.15, -0.1) is 0 Å². The number of aromatic nitrogens is 1. The lowest BCUT2D eigenvalue weighted by atomic mass is 9.99. The van der Waals surface area contributed by atoms with E-state index in [0.717, 1.165) is 22.8 Å². The molecule has 2 rings (SSSR count). The highest BCUT2D eigenvalue weighted by molar-refractivity contribution is 5.92. The summed E-state index contributed by atoms with van der Waals surface area (Å²) in [7, 11) is 0. The van der Waals surface area contributed by atoms with Gasteiger partial charge in [-0.1, -0.05) is 13.8 Å². The minimum Gasteiger partial charge on any atom is -0.494 e. The van der Waals surface area contributed by atoms with Crippen LogP contribution in [0.1, 0.15) is 32.8 Å². The van der Waals surface area contributed by atoms with Crippen molar-refractivity contribution in [2.75, 3.05) is 18.9 Å². The molecule has 0 aliphatic heterocycles. The fourth-order valence-corrected chi connectivity index (χ4v) is 2.96. The Labute approximate surface area is 159 Å². The smallest absolute Gasteiger partial charge is 0.326 e. The number of ether oxygens (including phenoxy) is 1. The van der Waals surface area contributed by atoms with E-state index in [1.165, 1.54) is 4.90 Å². The Morgan fingerprint density at radius 2 is 2.15 bits per heavy atom. The van der Waals surface area contributed by atoms with Gasteiger partial charge in [0, 0.05) is 24.5 Å². The number of aliphatic carboxylic acids is 1. The molecule has 27 heavy (non-hydrogen) atoms. The molecule has 1 amide bonds. The molecule has 0 radical (unpaired) electrons. The van der Waals surface area contributed by atoms with Gasteiger partial charge in [0.05, 0.1) is 6.61 Å². The zero-order chi connectivity index (χ0) is 20.0. The maximum atomic E-state index is 11.9. The third-order valence-electron chi connectivity index (χ3n) is 4.47. The number of carboxylic acid groups (broad SMARTS) is 1. The van der Waals surface area contributed by atoms with Crippen molar-refractivity contribution >= 4 is 29.0 Å². The number of carbonyl (C=O) groups is 2. The molecule has 0 saturated heterocycles. The first kappa shape index (κ1) is 20.5. The number of carboxylic acids is 1. The molecule has 1 unspecified atom stereocenters. The van der Waals surface area contributed by atoms with E-state index in [-0.39, 0.29) is 6.42 Å². The van der Waals surface area contributed by atoms with Gasteiger partial charge in [0.25, 0.3) is 0 Å². The molecule has 7 heteroatoms. The normalized spacial score (nSPS) is 12.1. The first-order chi connectivity index (χ1) is 12.9. The van der Waals surface area contributed by atoms with Gasteiger partial charge in [0.2, 0.25) is 6.41 Å². The van der Waals surface area contributed by atoms with Gasteiger partial charge < -0.3 is 20.5 Å². The summed E-state index contributed by atoms with van der Waals surface area (Å²) < 4.78 is 5.71. The lowest BCUT2D eigenvalue weighted by molar-refractivity contribution is -0.146. The maximum Gasteiger partial charge on any atom is 0.326 e. The molecule has 2 aromatic rings. The van der Waals surface area contributed by atoms with Gasteiger partial charge in [0.1, 0.15) is 17.6 Å². The van der Waals surface area contributed by atoms with Crippen molar-refractivity contribution in [2.24, 2.45) is 5.92 Å². The number of hydrogen-bond donors (Lipinski definition) is 2. The van der Waals surface area contributed by atoms with Crippen LogP contribution in [0.2, 0.25) is 0 Å². The standard InChI is InChI=1S/C20H27N3O4/c1-4-27-18-11-16-14(5-7-22-19(16)21)9-15(18)10-17(20(25)26)23(12-24)8-6-13(2)3/h5,7,9,11-13,17H,4,6,8,10H2,1-3H3,(H2,21,22)(H,25,26). The van der Waals surface area contributed by atoms with Crippen molar-refractivity contribution in [3.05, 3.63) is 30.0 Å². The first-order valence-corrected chi connectivity index (χ1v) is 9.11. The van der Waals surface area contributed by atoms with Crippen molar-refractivity contribution < 1.29 is 19.4 Å². The van der Waals surface area contributed by atoms with E-state index in [1.807, 2.05) is 32.9 Å². The van der Waals surface area contributed by atoms with Gasteiger partial charge in [-0.3, -0.25) is 4.79 Å². The van der Waals surface area contributed by atoms with E-state index in [9.17, 15) is 14.7 Å². The predicted molar refractivity (Wildman–Crippen MR) is 105 cm³/mol. The van der Waals surface area contributed by atoms with E-state index in [2.05, 4.69) is 4.98 Å². The zero-order valence-electron chi connectivity index (χ0n) is 16.0. The third-order valence-corrected chi connectivity index (χ3v) is 4.47. The number of rotatable bonds is 10. The minimum atomic E-state index is -1.04. The number of amides is 1. The average molecular weight is 373 g/mol. The van der Waals surface area contributed by atoms with Gasteiger partial charge in [-0.2, -0.15) is 0 Å². The summed E-state index contributed by atoms with van der Waals surface area (Å²) in [4.78, 5) is 28.8. The Kier molecular flexibility index (Phi) is 6.98. The number of anilines is 1. The summed E-state index contributed by atoms with van der Waals surface area (Å²) >= 11 is 0. The number of nitrogens with zero attached hydrogens (tertiary/aromatic N) is 2. The van der Waals surface area contributed by atoms with Crippen LogP contribution in [0.15, 0.2) is 24.4 Å². The lowest BCUT2D eigenvalue weighted by Gasteiger charge is -2.26. The van der Waals surface area contributed by atoms with E-state index in [0.29, 0.717) is 37.0 Å². The monoisotopic (exact) mass is 373 g/mol. The van der Waals surface area contributed by atoms with E-state index < -0.39 is 12.0 Å². The highest BCUT2D eigenvalue weighted by Crippen LogP contribution is 2.30. The van der Waals surface area contributed by atoms with Crippen LogP contribution in [-0.2, 0) is 16.0 Å². The number of pyridine rings is 1. The van der Waals surface area contributed by atoms with Crippen LogP contribution in [0.3, 0.4) is 0 Å². The summed E-state index contributed by atoms with van der Waals surface area (Å²) in [5.74, 6) is 0.284. The molecule has 1 heterocycles.